The van der Waals surface area contributed by atoms with E-state index in [2.05, 4.69) is 26.6 Å². The Morgan fingerprint density at radius 2 is 1.76 bits per heavy atom. The van der Waals surface area contributed by atoms with Crippen LogP contribution in [0.5, 0.6) is 0 Å². The zero-order chi connectivity index (χ0) is 26.3. The molecule has 0 aromatic heterocycles. The second kappa shape index (κ2) is 10.4. The molecule has 9 heteroatoms. The minimum atomic E-state index is -0.702. The number of alkyl halides is 1. The van der Waals surface area contributed by atoms with E-state index in [9.17, 15) is 19.5 Å². The number of fused-ring (bicyclic) bond motifs is 1. The average Bonchev–Trinajstić information content (AvgIpc) is 3.46. The number of rotatable bonds is 8. The molecule has 3 aliphatic rings. The maximum Gasteiger partial charge on any atom is 0.248 e. The molecule has 2 aromatic rings. The molecule has 1 spiro atoms. The SMILES string of the molecule is Cc1cccc(C)c1NC(=O)C1N(CCCCO)C(=O)[C@@H]2[C@H](C(=O)Nc3ccccc3)[C@H]3SC12CC3Br. The number of carbonyl (C=O) groups excluding carboxylic acids is 3. The van der Waals surface area contributed by atoms with E-state index >= 15 is 0 Å². The Bertz CT molecular complexity index is 1190. The first-order valence-corrected chi connectivity index (χ1v) is 14.5. The van der Waals surface area contributed by atoms with Gasteiger partial charge in [-0.25, -0.2) is 0 Å². The van der Waals surface area contributed by atoms with Crippen molar-refractivity contribution in [3.8, 4) is 0 Å². The first kappa shape index (κ1) is 26.3. The Hall–Kier alpha value is -2.36. The fraction of sp³-hybridized carbons (Fsp3) is 0.464. The lowest BCUT2D eigenvalue weighted by atomic mass is 9.70. The van der Waals surface area contributed by atoms with Gasteiger partial charge in [0.1, 0.15) is 6.04 Å². The van der Waals surface area contributed by atoms with Gasteiger partial charge in [-0.15, -0.1) is 11.8 Å². The Labute approximate surface area is 229 Å². The van der Waals surface area contributed by atoms with Crippen molar-refractivity contribution < 1.29 is 19.5 Å². The van der Waals surface area contributed by atoms with Crippen molar-refractivity contribution in [3.05, 3.63) is 59.7 Å². The molecule has 2 bridgehead atoms. The highest BCUT2D eigenvalue weighted by Crippen LogP contribution is 2.67. The maximum atomic E-state index is 14.0. The van der Waals surface area contributed by atoms with Crippen molar-refractivity contribution in [2.75, 3.05) is 23.8 Å². The van der Waals surface area contributed by atoms with Gasteiger partial charge in [-0.1, -0.05) is 52.3 Å². The number of amides is 3. The third kappa shape index (κ3) is 4.49. The molecule has 0 aliphatic carbocycles. The molecule has 5 rings (SSSR count). The van der Waals surface area contributed by atoms with E-state index in [-0.39, 0.29) is 34.4 Å². The molecule has 7 nitrogen and oxygen atoms in total. The van der Waals surface area contributed by atoms with E-state index in [0.717, 1.165) is 16.8 Å². The summed E-state index contributed by atoms with van der Waals surface area (Å²) in [5.41, 5.74) is 3.37. The van der Waals surface area contributed by atoms with E-state index < -0.39 is 22.6 Å². The molecule has 196 valence electrons. The van der Waals surface area contributed by atoms with Crippen LogP contribution in [0.4, 0.5) is 11.4 Å². The highest BCUT2D eigenvalue weighted by molar-refractivity contribution is 9.09. The van der Waals surface area contributed by atoms with Gasteiger partial charge in [0.05, 0.1) is 16.6 Å². The lowest BCUT2D eigenvalue weighted by molar-refractivity contribution is -0.138. The third-order valence-corrected chi connectivity index (χ3v) is 11.1. The number of anilines is 2. The van der Waals surface area contributed by atoms with Crippen LogP contribution >= 0.6 is 27.7 Å². The molecular weight excluding hydrogens is 554 g/mol. The van der Waals surface area contributed by atoms with Gasteiger partial charge >= 0.3 is 0 Å². The molecule has 3 fully saturated rings. The third-order valence-electron chi connectivity index (χ3n) is 7.92. The number of aryl methyl sites for hydroxylation is 2. The Balaban J connectivity index is 1.50. The van der Waals surface area contributed by atoms with Crippen molar-refractivity contribution in [3.63, 3.8) is 0 Å². The lowest BCUT2D eigenvalue weighted by Gasteiger charge is -2.35. The fourth-order valence-electron chi connectivity index (χ4n) is 6.31. The molecule has 3 amide bonds. The summed E-state index contributed by atoms with van der Waals surface area (Å²) >= 11 is 5.42. The zero-order valence-corrected chi connectivity index (χ0v) is 23.3. The van der Waals surface area contributed by atoms with Crippen LogP contribution in [0.15, 0.2) is 48.5 Å². The van der Waals surface area contributed by atoms with Crippen molar-refractivity contribution >= 4 is 56.8 Å². The van der Waals surface area contributed by atoms with Crippen LogP contribution < -0.4 is 10.6 Å². The number of carbonyl (C=O) groups is 3. The molecule has 2 aromatic carbocycles. The summed E-state index contributed by atoms with van der Waals surface area (Å²) < 4.78 is -0.700. The van der Waals surface area contributed by atoms with E-state index in [1.807, 2.05) is 62.4 Å². The molecule has 0 saturated carbocycles. The number of nitrogens with one attached hydrogen (secondary N) is 2. The van der Waals surface area contributed by atoms with Crippen LogP contribution in [-0.2, 0) is 14.4 Å². The predicted molar refractivity (Wildman–Crippen MR) is 150 cm³/mol. The first-order valence-electron chi connectivity index (χ1n) is 12.7. The Morgan fingerprint density at radius 1 is 1.05 bits per heavy atom. The van der Waals surface area contributed by atoms with E-state index in [4.69, 9.17) is 0 Å². The van der Waals surface area contributed by atoms with Crippen LogP contribution in [0.1, 0.15) is 30.4 Å². The molecule has 3 aliphatic heterocycles. The van der Waals surface area contributed by atoms with Gasteiger partial charge < -0.3 is 20.6 Å². The zero-order valence-electron chi connectivity index (χ0n) is 20.9. The summed E-state index contributed by atoms with van der Waals surface area (Å²) in [6.07, 6.45) is 1.77. The number of unbranched alkanes of at least 4 members (excludes halogenated alkanes) is 1. The van der Waals surface area contributed by atoms with Crippen LogP contribution in [-0.4, -0.2) is 61.7 Å². The maximum absolute atomic E-state index is 14.0. The lowest BCUT2D eigenvalue weighted by Crippen LogP contribution is -2.53. The smallest absolute Gasteiger partial charge is 0.248 e. The highest BCUT2D eigenvalue weighted by atomic mass is 79.9. The average molecular weight is 587 g/mol. The van der Waals surface area contributed by atoms with Crippen molar-refractivity contribution in [1.82, 2.24) is 4.90 Å². The molecule has 3 heterocycles. The van der Waals surface area contributed by atoms with Gasteiger partial charge in [0.25, 0.3) is 0 Å². The summed E-state index contributed by atoms with van der Waals surface area (Å²) in [6, 6.07) is 14.4. The number of para-hydroxylation sites is 2. The largest absolute Gasteiger partial charge is 0.396 e. The van der Waals surface area contributed by atoms with Crippen LogP contribution in [0.2, 0.25) is 0 Å². The Kier molecular flexibility index (Phi) is 7.40. The Morgan fingerprint density at radius 3 is 2.43 bits per heavy atom. The first-order chi connectivity index (χ1) is 17.8. The summed E-state index contributed by atoms with van der Waals surface area (Å²) in [5, 5.41) is 15.4. The summed E-state index contributed by atoms with van der Waals surface area (Å²) in [6.45, 7) is 4.31. The second-order valence-electron chi connectivity index (χ2n) is 10.2. The quantitative estimate of drug-likeness (QED) is 0.320. The molecule has 0 radical (unpaired) electrons. The molecule has 3 unspecified atom stereocenters. The van der Waals surface area contributed by atoms with Gasteiger partial charge in [0.15, 0.2) is 0 Å². The molecular formula is C28H32BrN3O4S. The fourth-order valence-corrected chi connectivity index (χ4v) is 9.93. The van der Waals surface area contributed by atoms with Gasteiger partial charge in [-0.2, -0.15) is 0 Å². The van der Waals surface area contributed by atoms with Crippen LogP contribution in [0, 0.1) is 25.7 Å². The number of likely N-dealkylation sites (tertiary alicyclic amines) is 1. The molecule has 37 heavy (non-hydrogen) atoms. The predicted octanol–water partition coefficient (Wildman–Crippen LogP) is 4.12. The van der Waals surface area contributed by atoms with Crippen LogP contribution in [0.25, 0.3) is 0 Å². The summed E-state index contributed by atoms with van der Waals surface area (Å²) in [7, 11) is 0. The second-order valence-corrected chi connectivity index (χ2v) is 13.0. The van der Waals surface area contributed by atoms with Crippen molar-refractivity contribution in [2.24, 2.45) is 11.8 Å². The summed E-state index contributed by atoms with van der Waals surface area (Å²) in [4.78, 5) is 43.3. The highest BCUT2D eigenvalue weighted by Gasteiger charge is 2.75. The molecule has 3 N–H and O–H groups in total. The standard InChI is InChI=1S/C28H32BrN3O4S/c1-16-9-8-10-17(2)22(16)31-26(35)24-28-15-19(29)23(37-28)20(25(34)30-18-11-4-3-5-12-18)21(28)27(36)32(24)13-6-7-14-33/h3-5,8-12,19-21,23-24,33H,6-7,13-15H2,1-2H3,(H,30,34)(H,31,35)/t19?,20-,21-,23-,24?,28?/m0/s1. The number of hydrogen-bond acceptors (Lipinski definition) is 5. The van der Waals surface area contributed by atoms with Gasteiger partial charge in [-0.05, 0) is 56.4 Å². The van der Waals surface area contributed by atoms with E-state index in [1.54, 1.807) is 16.7 Å². The number of aliphatic hydroxyl groups is 1. The number of nitrogens with zero attached hydrogens (tertiary/aromatic N) is 1. The minimum absolute atomic E-state index is 0.0148. The number of halogens is 1. The van der Waals surface area contributed by atoms with Crippen molar-refractivity contribution in [2.45, 2.75) is 54.0 Å². The van der Waals surface area contributed by atoms with E-state index in [1.165, 1.54) is 0 Å². The van der Waals surface area contributed by atoms with Gasteiger partial charge in [0, 0.05) is 34.6 Å². The number of hydrogen-bond donors (Lipinski definition) is 3. The van der Waals surface area contributed by atoms with Gasteiger partial charge in [-0.3, -0.25) is 14.4 Å². The minimum Gasteiger partial charge on any atom is -0.396 e. The number of thioether (sulfide) groups is 1. The topological polar surface area (TPSA) is 98.7 Å². The number of benzene rings is 2. The van der Waals surface area contributed by atoms with Crippen LogP contribution in [0.3, 0.4) is 0 Å². The monoisotopic (exact) mass is 585 g/mol. The summed E-state index contributed by atoms with van der Waals surface area (Å²) in [5.74, 6) is -1.66. The molecule has 6 atom stereocenters. The van der Waals surface area contributed by atoms with Crippen molar-refractivity contribution in [1.29, 1.82) is 0 Å². The number of aliphatic hydroxyl groups excluding tert-OH is 1. The normalized spacial score (nSPS) is 29.9. The van der Waals surface area contributed by atoms with E-state index in [0.29, 0.717) is 31.5 Å². The van der Waals surface area contributed by atoms with Gasteiger partial charge in [0.2, 0.25) is 17.7 Å². The molecule has 3 saturated heterocycles.